The van der Waals surface area contributed by atoms with E-state index in [-0.39, 0.29) is 17.0 Å². The molecule has 0 amide bonds. The number of thiophene rings is 1. The first-order valence-electron chi connectivity index (χ1n) is 8.84. The fourth-order valence-electron chi connectivity index (χ4n) is 3.22. The zero-order valence-electron chi connectivity index (χ0n) is 15.2. The Morgan fingerprint density at radius 1 is 1.36 bits per heavy atom. The molecule has 2 aromatic rings. The average Bonchev–Trinajstić information content (AvgIpc) is 3.11. The number of nitrogens with zero attached hydrogens (tertiary/aromatic N) is 2. The fourth-order valence-corrected chi connectivity index (χ4v) is 4.19. The topological polar surface area (TPSA) is 89.8 Å². The number of carbonyl (C=O) groups excluding carboxylic acids is 2. The van der Waals surface area contributed by atoms with Gasteiger partial charge in [0.25, 0.3) is 5.69 Å². The number of Topliss-reactive ketones (excluding diaryl/α,β-unsaturated/α-hetero) is 1. The maximum Gasteiger partial charge on any atom is 0.338 e. The molecule has 1 fully saturated rings. The summed E-state index contributed by atoms with van der Waals surface area (Å²) in [7, 11) is 0. The van der Waals surface area contributed by atoms with Crippen LogP contribution in [-0.4, -0.2) is 36.4 Å². The standard InChI is InChI=1S/C19H19ClN2O5S/c1-12-3-2-8-21(10-12)14-5-4-13(9-15(14)22(25)26)19(24)27-11-16(23)17-6-7-18(20)28-17/h4-7,9,12H,2-3,8,10-11H2,1H3/t12-/m0/s1. The van der Waals surface area contributed by atoms with Crippen LogP contribution in [0.5, 0.6) is 0 Å². The molecule has 2 heterocycles. The first-order valence-corrected chi connectivity index (χ1v) is 10.0. The molecule has 0 radical (unpaired) electrons. The van der Waals surface area contributed by atoms with Gasteiger partial charge in [-0.1, -0.05) is 18.5 Å². The lowest BCUT2D eigenvalue weighted by Crippen LogP contribution is -2.34. The molecule has 148 valence electrons. The molecule has 1 atom stereocenters. The molecule has 28 heavy (non-hydrogen) atoms. The van der Waals surface area contributed by atoms with Crippen LogP contribution in [0.1, 0.15) is 39.8 Å². The summed E-state index contributed by atoms with van der Waals surface area (Å²) in [5, 5.41) is 11.5. The SMILES string of the molecule is C[C@H]1CCCN(c2ccc(C(=O)OCC(=O)c3ccc(Cl)s3)cc2[N+](=O)[O-])C1. The number of benzene rings is 1. The number of nitro benzene ring substituents is 1. The summed E-state index contributed by atoms with van der Waals surface area (Å²) in [4.78, 5) is 37.7. The van der Waals surface area contributed by atoms with E-state index < -0.39 is 17.5 Å². The van der Waals surface area contributed by atoms with Crippen molar-refractivity contribution >= 4 is 46.1 Å². The van der Waals surface area contributed by atoms with E-state index >= 15 is 0 Å². The van der Waals surface area contributed by atoms with Crippen LogP contribution in [-0.2, 0) is 4.74 Å². The Morgan fingerprint density at radius 3 is 2.79 bits per heavy atom. The van der Waals surface area contributed by atoms with Gasteiger partial charge in [0, 0.05) is 19.2 Å². The number of piperidine rings is 1. The Balaban J connectivity index is 1.73. The van der Waals surface area contributed by atoms with Crippen molar-refractivity contribution in [2.45, 2.75) is 19.8 Å². The van der Waals surface area contributed by atoms with Crippen molar-refractivity contribution in [1.29, 1.82) is 0 Å². The smallest absolute Gasteiger partial charge is 0.338 e. The molecule has 1 aliphatic heterocycles. The molecule has 0 unspecified atom stereocenters. The highest BCUT2D eigenvalue weighted by Crippen LogP contribution is 2.32. The molecule has 0 bridgehead atoms. The van der Waals surface area contributed by atoms with Crippen LogP contribution in [0.3, 0.4) is 0 Å². The van der Waals surface area contributed by atoms with Crippen LogP contribution in [0.15, 0.2) is 30.3 Å². The number of ether oxygens (including phenoxy) is 1. The minimum absolute atomic E-state index is 0.0394. The van der Waals surface area contributed by atoms with Gasteiger partial charge in [-0.2, -0.15) is 0 Å². The highest BCUT2D eigenvalue weighted by Gasteiger charge is 2.25. The highest BCUT2D eigenvalue weighted by molar-refractivity contribution is 7.18. The van der Waals surface area contributed by atoms with Crippen LogP contribution in [0.4, 0.5) is 11.4 Å². The summed E-state index contributed by atoms with van der Waals surface area (Å²) < 4.78 is 5.50. The molecule has 3 rings (SSSR count). The number of rotatable bonds is 6. The van der Waals surface area contributed by atoms with E-state index in [1.165, 1.54) is 12.1 Å². The zero-order valence-corrected chi connectivity index (χ0v) is 16.8. The molecular formula is C19H19ClN2O5S. The van der Waals surface area contributed by atoms with Crippen LogP contribution in [0, 0.1) is 16.0 Å². The molecule has 1 aromatic heterocycles. The molecule has 1 aromatic carbocycles. The Labute approximate surface area is 171 Å². The minimum Gasteiger partial charge on any atom is -0.454 e. The maximum atomic E-state index is 12.3. The van der Waals surface area contributed by atoms with Gasteiger partial charge in [-0.25, -0.2) is 4.79 Å². The second kappa shape index (κ2) is 8.70. The summed E-state index contributed by atoms with van der Waals surface area (Å²) in [5.74, 6) is -0.703. The van der Waals surface area contributed by atoms with E-state index in [4.69, 9.17) is 16.3 Å². The second-order valence-electron chi connectivity index (χ2n) is 6.76. The van der Waals surface area contributed by atoms with Gasteiger partial charge in [0.05, 0.1) is 19.7 Å². The third-order valence-electron chi connectivity index (χ3n) is 4.59. The third-order valence-corrected chi connectivity index (χ3v) is 5.86. The number of nitro groups is 1. The molecule has 7 nitrogen and oxygen atoms in total. The van der Waals surface area contributed by atoms with Gasteiger partial charge in [0.1, 0.15) is 5.69 Å². The number of halogens is 1. The quantitative estimate of drug-likeness (QED) is 0.293. The van der Waals surface area contributed by atoms with Gasteiger partial charge in [-0.05, 0) is 43.0 Å². The minimum atomic E-state index is -0.780. The predicted molar refractivity (Wildman–Crippen MR) is 108 cm³/mol. The van der Waals surface area contributed by atoms with E-state index in [2.05, 4.69) is 6.92 Å². The molecule has 1 aliphatic rings. The number of carbonyl (C=O) groups is 2. The van der Waals surface area contributed by atoms with Crippen molar-refractivity contribution < 1.29 is 19.2 Å². The Morgan fingerprint density at radius 2 is 2.14 bits per heavy atom. The number of hydrogen-bond acceptors (Lipinski definition) is 7. The first-order chi connectivity index (χ1) is 13.3. The van der Waals surface area contributed by atoms with Gasteiger partial charge >= 0.3 is 5.97 Å². The summed E-state index contributed by atoms with van der Waals surface area (Å²) in [5.41, 5.74) is 0.398. The number of esters is 1. The van der Waals surface area contributed by atoms with Gasteiger partial charge in [-0.15, -0.1) is 11.3 Å². The number of hydrogen-bond donors (Lipinski definition) is 0. The molecule has 0 N–H and O–H groups in total. The van der Waals surface area contributed by atoms with Crippen molar-refractivity contribution in [3.05, 3.63) is 55.2 Å². The molecule has 1 saturated heterocycles. The van der Waals surface area contributed by atoms with E-state index in [1.54, 1.807) is 18.2 Å². The van der Waals surface area contributed by atoms with E-state index in [1.807, 2.05) is 4.90 Å². The Bertz CT molecular complexity index is 913. The van der Waals surface area contributed by atoms with Gasteiger partial charge in [-0.3, -0.25) is 14.9 Å². The van der Waals surface area contributed by atoms with E-state index in [0.717, 1.165) is 37.3 Å². The van der Waals surface area contributed by atoms with Crippen LogP contribution in [0.25, 0.3) is 0 Å². The third kappa shape index (κ3) is 4.69. The average molecular weight is 423 g/mol. The summed E-state index contributed by atoms with van der Waals surface area (Å²) in [6.45, 7) is 3.14. The zero-order chi connectivity index (χ0) is 20.3. The fraction of sp³-hybridized carbons (Fsp3) is 0.368. The van der Waals surface area contributed by atoms with Crippen LogP contribution >= 0.6 is 22.9 Å². The lowest BCUT2D eigenvalue weighted by atomic mass is 9.99. The highest BCUT2D eigenvalue weighted by atomic mass is 35.5. The molecule has 9 heteroatoms. The molecule has 0 saturated carbocycles. The lowest BCUT2D eigenvalue weighted by molar-refractivity contribution is -0.384. The lowest BCUT2D eigenvalue weighted by Gasteiger charge is -2.32. The molecular weight excluding hydrogens is 404 g/mol. The Hall–Kier alpha value is -2.45. The van der Waals surface area contributed by atoms with E-state index in [9.17, 15) is 19.7 Å². The van der Waals surface area contributed by atoms with Gasteiger partial charge in [0.15, 0.2) is 6.61 Å². The number of anilines is 1. The van der Waals surface area contributed by atoms with Crippen molar-refractivity contribution in [2.75, 3.05) is 24.6 Å². The van der Waals surface area contributed by atoms with Crippen LogP contribution in [0.2, 0.25) is 4.34 Å². The van der Waals surface area contributed by atoms with Crippen molar-refractivity contribution in [3.63, 3.8) is 0 Å². The van der Waals surface area contributed by atoms with Gasteiger partial charge in [0.2, 0.25) is 5.78 Å². The summed E-state index contributed by atoms with van der Waals surface area (Å²) in [6.07, 6.45) is 2.06. The van der Waals surface area contributed by atoms with Gasteiger partial charge < -0.3 is 9.64 Å². The van der Waals surface area contributed by atoms with Crippen molar-refractivity contribution in [1.82, 2.24) is 0 Å². The second-order valence-corrected chi connectivity index (χ2v) is 8.47. The monoisotopic (exact) mass is 422 g/mol. The predicted octanol–water partition coefficient (Wildman–Crippen LogP) is 4.59. The first kappa shape index (κ1) is 20.3. The normalized spacial score (nSPS) is 16.6. The molecule has 0 aliphatic carbocycles. The molecule has 0 spiro atoms. The van der Waals surface area contributed by atoms with Crippen molar-refractivity contribution in [3.8, 4) is 0 Å². The van der Waals surface area contributed by atoms with E-state index in [0.29, 0.717) is 20.8 Å². The van der Waals surface area contributed by atoms with Crippen LogP contribution < -0.4 is 4.90 Å². The Kier molecular flexibility index (Phi) is 6.31. The number of ketones is 1. The summed E-state index contributed by atoms with van der Waals surface area (Å²) in [6, 6.07) is 7.43. The maximum absolute atomic E-state index is 12.3. The summed E-state index contributed by atoms with van der Waals surface area (Å²) >= 11 is 6.89. The van der Waals surface area contributed by atoms with Crippen molar-refractivity contribution in [2.24, 2.45) is 5.92 Å². The largest absolute Gasteiger partial charge is 0.454 e.